The van der Waals surface area contributed by atoms with Crippen LogP contribution >= 0.6 is 11.8 Å². The van der Waals surface area contributed by atoms with Crippen LogP contribution in [0.4, 0.5) is 0 Å². The predicted molar refractivity (Wildman–Crippen MR) is 116 cm³/mol. The number of methoxy groups -OCH3 is 1. The van der Waals surface area contributed by atoms with Crippen LogP contribution in [0.1, 0.15) is 78.6 Å². The van der Waals surface area contributed by atoms with Crippen LogP contribution in [0.5, 0.6) is 0 Å². The summed E-state index contributed by atoms with van der Waals surface area (Å²) in [6.45, 7) is 6.43. The van der Waals surface area contributed by atoms with Crippen molar-refractivity contribution in [1.82, 2.24) is 0 Å². The van der Waals surface area contributed by atoms with Crippen LogP contribution in [0.25, 0.3) is 0 Å². The normalized spacial score (nSPS) is 31.3. The summed E-state index contributed by atoms with van der Waals surface area (Å²) in [5.74, 6) is 0.548. The molecule has 1 heterocycles. The molecule has 1 saturated heterocycles. The number of hydrogen-bond acceptors (Lipinski definition) is 5. The molecular weight excluding hydrogens is 372 g/mol. The molecule has 1 unspecified atom stereocenters. The molecule has 6 atom stereocenters. The zero-order valence-corrected chi connectivity index (χ0v) is 18.9. The van der Waals surface area contributed by atoms with Crippen molar-refractivity contribution in [3.05, 3.63) is 12.2 Å². The second-order valence-corrected chi connectivity index (χ2v) is 10.9. The average molecular weight is 413 g/mol. The molecule has 1 saturated carbocycles. The zero-order chi connectivity index (χ0) is 20.7. The number of ether oxygens (including phenoxy) is 1. The first-order valence-electron chi connectivity index (χ1n) is 11.0. The molecule has 0 aromatic heterocycles. The van der Waals surface area contributed by atoms with Crippen LogP contribution < -0.4 is 0 Å². The van der Waals surface area contributed by atoms with Gasteiger partial charge in [0.15, 0.2) is 0 Å². The van der Waals surface area contributed by atoms with Gasteiger partial charge in [0.05, 0.1) is 19.3 Å². The Hall–Kier alpha value is -0.520. The van der Waals surface area contributed by atoms with Crippen LogP contribution in [0.2, 0.25) is 0 Å². The largest absolute Gasteiger partial charge is 0.469 e. The Bertz CT molecular complexity index is 519. The molecule has 2 fully saturated rings. The maximum atomic E-state index is 11.2. The van der Waals surface area contributed by atoms with Crippen molar-refractivity contribution in [3.63, 3.8) is 0 Å². The summed E-state index contributed by atoms with van der Waals surface area (Å²) in [7, 11) is 1.44. The maximum absolute atomic E-state index is 11.2. The van der Waals surface area contributed by atoms with Crippen molar-refractivity contribution in [3.8, 4) is 0 Å². The van der Waals surface area contributed by atoms with Gasteiger partial charge in [-0.3, -0.25) is 4.79 Å². The minimum absolute atomic E-state index is 0.121. The van der Waals surface area contributed by atoms with Gasteiger partial charge in [-0.2, -0.15) is 11.8 Å². The second-order valence-electron chi connectivity index (χ2n) is 9.32. The number of carbonyl (C=O) groups excluding carboxylic acids is 1. The molecule has 162 valence electrons. The first-order chi connectivity index (χ1) is 13.3. The van der Waals surface area contributed by atoms with Crippen LogP contribution in [0.3, 0.4) is 0 Å². The standard InChI is InChI=1S/C23H40O4S/c1-5-6-13-23(2,3)21(25)12-11-17-18-14-16(28-20(18)15-19(17)24)9-7-8-10-22(26)27-4/h11-12,16-21,24-25H,5-10,13-15H2,1-4H3/b12-11+/t16?,17-,18-,19-,20-,21-/m1/s1. The number of aliphatic hydroxyl groups excluding tert-OH is 2. The Balaban J connectivity index is 1.83. The Labute approximate surface area is 175 Å². The topological polar surface area (TPSA) is 66.8 Å². The number of carbonyl (C=O) groups is 1. The Morgan fingerprint density at radius 1 is 1.29 bits per heavy atom. The van der Waals surface area contributed by atoms with Gasteiger partial charge in [0.1, 0.15) is 0 Å². The lowest BCUT2D eigenvalue weighted by molar-refractivity contribution is -0.140. The molecule has 0 amide bonds. The Morgan fingerprint density at radius 2 is 2.04 bits per heavy atom. The first-order valence-corrected chi connectivity index (χ1v) is 12.0. The summed E-state index contributed by atoms with van der Waals surface area (Å²) in [5.41, 5.74) is -0.123. The van der Waals surface area contributed by atoms with Crippen molar-refractivity contribution in [2.75, 3.05) is 7.11 Å². The molecule has 1 aliphatic carbocycles. The lowest BCUT2D eigenvalue weighted by atomic mass is 9.80. The number of aliphatic hydroxyl groups is 2. The van der Waals surface area contributed by atoms with E-state index in [9.17, 15) is 15.0 Å². The van der Waals surface area contributed by atoms with Crippen molar-refractivity contribution >= 4 is 17.7 Å². The van der Waals surface area contributed by atoms with Crippen LogP contribution in [0, 0.1) is 17.3 Å². The van der Waals surface area contributed by atoms with Gasteiger partial charge in [0.25, 0.3) is 0 Å². The maximum Gasteiger partial charge on any atom is 0.305 e. The van der Waals surface area contributed by atoms with Gasteiger partial charge in [-0.25, -0.2) is 0 Å². The van der Waals surface area contributed by atoms with Crippen LogP contribution in [-0.4, -0.2) is 46.0 Å². The molecule has 0 radical (unpaired) electrons. The van der Waals surface area contributed by atoms with E-state index in [2.05, 4.69) is 26.8 Å². The Morgan fingerprint density at radius 3 is 2.71 bits per heavy atom. The van der Waals surface area contributed by atoms with E-state index in [0.717, 1.165) is 51.4 Å². The van der Waals surface area contributed by atoms with Gasteiger partial charge in [-0.05, 0) is 43.4 Å². The van der Waals surface area contributed by atoms with Crippen molar-refractivity contribution < 1.29 is 19.7 Å². The molecule has 2 N–H and O–H groups in total. The summed E-state index contributed by atoms with van der Waals surface area (Å²) < 4.78 is 4.70. The summed E-state index contributed by atoms with van der Waals surface area (Å²) in [6, 6.07) is 0. The molecule has 5 heteroatoms. The molecular formula is C23H40O4S. The van der Waals surface area contributed by atoms with E-state index in [1.807, 2.05) is 17.8 Å². The monoisotopic (exact) mass is 412 g/mol. The average Bonchev–Trinajstić information content (AvgIpc) is 3.17. The van der Waals surface area contributed by atoms with Crippen molar-refractivity contribution in [2.24, 2.45) is 17.3 Å². The van der Waals surface area contributed by atoms with E-state index in [1.165, 1.54) is 7.11 Å². The quantitative estimate of drug-likeness (QED) is 0.292. The van der Waals surface area contributed by atoms with Gasteiger partial charge in [0.2, 0.25) is 0 Å². The van der Waals surface area contributed by atoms with Gasteiger partial charge in [-0.1, -0.05) is 52.2 Å². The van der Waals surface area contributed by atoms with Crippen LogP contribution in [0.15, 0.2) is 12.2 Å². The zero-order valence-electron chi connectivity index (χ0n) is 18.1. The minimum Gasteiger partial charge on any atom is -0.469 e. The molecule has 0 aromatic rings. The van der Waals surface area contributed by atoms with E-state index in [1.54, 1.807) is 0 Å². The third-order valence-electron chi connectivity index (χ3n) is 6.67. The van der Waals surface area contributed by atoms with Crippen molar-refractivity contribution in [2.45, 2.75) is 101 Å². The summed E-state index contributed by atoms with van der Waals surface area (Å²) in [4.78, 5) is 11.2. The smallest absolute Gasteiger partial charge is 0.305 e. The minimum atomic E-state index is -0.464. The molecule has 0 bridgehead atoms. The van der Waals surface area contributed by atoms with E-state index < -0.39 is 6.10 Å². The summed E-state index contributed by atoms with van der Waals surface area (Å²) in [6.07, 6.45) is 12.2. The SMILES string of the molecule is CCCCC(C)(C)[C@H](O)/C=C/[C@@H]1[C@H]2CC(CCCCC(=O)OC)S[C@@H]2C[C@H]1O. The number of thioether (sulfide) groups is 1. The van der Waals surface area contributed by atoms with Gasteiger partial charge < -0.3 is 14.9 Å². The predicted octanol–water partition coefficient (Wildman–Crippen LogP) is 4.72. The van der Waals surface area contributed by atoms with E-state index in [-0.39, 0.29) is 23.4 Å². The van der Waals surface area contributed by atoms with Gasteiger partial charge in [0, 0.05) is 22.8 Å². The molecule has 0 aromatic carbocycles. The fourth-order valence-electron chi connectivity index (χ4n) is 4.65. The molecule has 28 heavy (non-hydrogen) atoms. The van der Waals surface area contributed by atoms with Gasteiger partial charge in [-0.15, -0.1) is 0 Å². The first kappa shape index (κ1) is 23.8. The lowest BCUT2D eigenvalue weighted by Crippen LogP contribution is -2.28. The number of esters is 1. The van der Waals surface area contributed by atoms with E-state index >= 15 is 0 Å². The van der Waals surface area contributed by atoms with Gasteiger partial charge >= 0.3 is 5.97 Å². The highest BCUT2D eigenvalue weighted by molar-refractivity contribution is 8.00. The second kappa shape index (κ2) is 11.0. The Kier molecular flexibility index (Phi) is 9.36. The van der Waals surface area contributed by atoms with Crippen LogP contribution in [-0.2, 0) is 9.53 Å². The number of unbranched alkanes of at least 4 members (excludes halogenated alkanes) is 2. The third-order valence-corrected chi connectivity index (χ3v) is 8.37. The number of fused-ring (bicyclic) bond motifs is 1. The fourth-order valence-corrected chi connectivity index (χ4v) is 6.58. The third kappa shape index (κ3) is 6.50. The lowest BCUT2D eigenvalue weighted by Gasteiger charge is -2.29. The van der Waals surface area contributed by atoms with Crippen molar-refractivity contribution in [1.29, 1.82) is 0 Å². The fraction of sp³-hybridized carbons (Fsp3) is 0.870. The van der Waals surface area contributed by atoms with E-state index in [0.29, 0.717) is 22.8 Å². The van der Waals surface area contributed by atoms with E-state index in [4.69, 9.17) is 4.74 Å². The highest BCUT2D eigenvalue weighted by Gasteiger charge is 2.47. The summed E-state index contributed by atoms with van der Waals surface area (Å²) >= 11 is 2.03. The summed E-state index contributed by atoms with van der Waals surface area (Å²) in [5, 5.41) is 22.3. The molecule has 2 rings (SSSR count). The highest BCUT2D eigenvalue weighted by Crippen LogP contribution is 2.52. The molecule has 2 aliphatic rings. The molecule has 1 aliphatic heterocycles. The molecule has 0 spiro atoms. The molecule has 4 nitrogen and oxygen atoms in total. The number of hydrogen-bond donors (Lipinski definition) is 2. The number of rotatable bonds is 11. The highest BCUT2D eigenvalue weighted by atomic mass is 32.2.